The number of amides is 2. The largest absolute Gasteiger partial charge is 0.489 e. The Bertz CT molecular complexity index is 765. The normalized spacial score (nSPS) is 23.0. The van der Waals surface area contributed by atoms with Gasteiger partial charge in [0.25, 0.3) is 0 Å². The average Bonchev–Trinajstić information content (AvgIpc) is 2.92. The Morgan fingerprint density at radius 2 is 1.83 bits per heavy atom. The van der Waals surface area contributed by atoms with Crippen LogP contribution >= 0.6 is 0 Å². The number of hydrogen-bond acceptors (Lipinski definition) is 6. The molecule has 3 rings (SSSR count). The molecule has 1 aromatic carbocycles. The molecule has 0 aromatic heterocycles. The Kier molecular flexibility index (Phi) is 7.31. The van der Waals surface area contributed by atoms with Crippen molar-refractivity contribution in [3.05, 3.63) is 24.0 Å². The van der Waals surface area contributed by atoms with Gasteiger partial charge < -0.3 is 15.0 Å². The fraction of sp³-hybridized carbons (Fsp3) is 0.636. The van der Waals surface area contributed by atoms with Crippen molar-refractivity contribution in [1.82, 2.24) is 15.1 Å². The van der Waals surface area contributed by atoms with E-state index >= 15 is 0 Å². The van der Waals surface area contributed by atoms with Crippen molar-refractivity contribution in [2.24, 2.45) is 5.92 Å². The number of carbonyl (C=O) groups excluding carboxylic acids is 2. The second-order valence-corrected chi connectivity index (χ2v) is 8.34. The molecule has 8 heteroatoms. The third kappa shape index (κ3) is 4.92. The number of benzene rings is 1. The van der Waals surface area contributed by atoms with E-state index in [0.717, 1.165) is 44.8 Å². The van der Waals surface area contributed by atoms with Gasteiger partial charge in [-0.05, 0) is 46.0 Å². The summed E-state index contributed by atoms with van der Waals surface area (Å²) in [6.45, 7) is 10.2. The van der Waals surface area contributed by atoms with Crippen LogP contribution in [0.2, 0.25) is 0 Å². The molecule has 2 aliphatic rings. The minimum atomic E-state index is -0.408. The summed E-state index contributed by atoms with van der Waals surface area (Å²) < 4.78 is 19.7. The van der Waals surface area contributed by atoms with E-state index in [2.05, 4.69) is 15.1 Å². The molecule has 2 saturated heterocycles. The predicted octanol–water partition coefficient (Wildman–Crippen LogP) is 1.72. The second kappa shape index (κ2) is 9.75. The van der Waals surface area contributed by atoms with Crippen LogP contribution in [0.4, 0.5) is 10.1 Å². The van der Waals surface area contributed by atoms with Crippen LogP contribution in [0.1, 0.15) is 27.2 Å². The standard InChI is InChI=1S/C22H33FN4O3/c1-15(2)30-19-7-6-17(23)14-18(19)26-12-10-25(11-13-26)8-5-9-27-21(28)16(3)20(24-4)22(27)29/h6-7,14-16,20,24H,5,8-13H2,1-4H3. The third-order valence-electron chi connectivity index (χ3n) is 5.85. The van der Waals surface area contributed by atoms with Gasteiger partial charge in [0.15, 0.2) is 0 Å². The fourth-order valence-corrected chi connectivity index (χ4v) is 4.23. The van der Waals surface area contributed by atoms with Crippen LogP contribution in [0.25, 0.3) is 0 Å². The molecule has 2 amide bonds. The van der Waals surface area contributed by atoms with Crippen molar-refractivity contribution in [3.8, 4) is 5.75 Å². The van der Waals surface area contributed by atoms with E-state index in [0.29, 0.717) is 12.3 Å². The SMILES string of the molecule is CNC1C(=O)N(CCCN2CCN(c3cc(F)ccc3OC(C)C)CC2)C(=O)C1C. The summed E-state index contributed by atoms with van der Waals surface area (Å²) in [5.41, 5.74) is 0.795. The first-order valence-electron chi connectivity index (χ1n) is 10.8. The molecule has 30 heavy (non-hydrogen) atoms. The van der Waals surface area contributed by atoms with E-state index in [4.69, 9.17) is 4.74 Å². The van der Waals surface area contributed by atoms with Gasteiger partial charge in [-0.15, -0.1) is 0 Å². The molecule has 2 heterocycles. The number of carbonyl (C=O) groups is 2. The number of nitrogens with one attached hydrogen (secondary N) is 1. The van der Waals surface area contributed by atoms with Gasteiger partial charge in [0.05, 0.1) is 23.8 Å². The molecule has 0 radical (unpaired) electrons. The first-order valence-corrected chi connectivity index (χ1v) is 10.8. The van der Waals surface area contributed by atoms with Crippen molar-refractivity contribution in [2.75, 3.05) is 51.2 Å². The van der Waals surface area contributed by atoms with Gasteiger partial charge in [-0.3, -0.25) is 19.4 Å². The molecule has 1 aromatic rings. The summed E-state index contributed by atoms with van der Waals surface area (Å²) in [6.07, 6.45) is 0.777. The Labute approximate surface area is 178 Å². The molecule has 1 N–H and O–H groups in total. The number of imide groups is 1. The lowest BCUT2D eigenvalue weighted by molar-refractivity contribution is -0.139. The molecule has 0 bridgehead atoms. The highest BCUT2D eigenvalue weighted by Crippen LogP contribution is 2.31. The number of hydrogen-bond donors (Lipinski definition) is 1. The van der Waals surface area contributed by atoms with Gasteiger partial charge in [-0.25, -0.2) is 4.39 Å². The van der Waals surface area contributed by atoms with Crippen molar-refractivity contribution in [3.63, 3.8) is 0 Å². The van der Waals surface area contributed by atoms with Gasteiger partial charge in [-0.2, -0.15) is 0 Å². The number of ether oxygens (including phenoxy) is 1. The van der Waals surface area contributed by atoms with E-state index in [9.17, 15) is 14.0 Å². The number of likely N-dealkylation sites (N-methyl/N-ethyl adjacent to an activating group) is 1. The fourth-order valence-electron chi connectivity index (χ4n) is 4.23. The molecule has 0 spiro atoms. The van der Waals surface area contributed by atoms with Gasteiger partial charge in [0, 0.05) is 38.8 Å². The zero-order chi connectivity index (χ0) is 21.8. The number of likely N-dealkylation sites (tertiary alicyclic amines) is 1. The van der Waals surface area contributed by atoms with Crippen LogP contribution in [0.5, 0.6) is 5.75 Å². The van der Waals surface area contributed by atoms with E-state index in [-0.39, 0.29) is 29.7 Å². The van der Waals surface area contributed by atoms with Crippen LogP contribution in [0.15, 0.2) is 18.2 Å². The van der Waals surface area contributed by atoms with E-state index in [1.807, 2.05) is 13.8 Å². The Hall–Kier alpha value is -2.19. The van der Waals surface area contributed by atoms with Gasteiger partial charge in [0.1, 0.15) is 11.6 Å². The number of rotatable bonds is 8. The monoisotopic (exact) mass is 420 g/mol. The lowest BCUT2D eigenvalue weighted by Crippen LogP contribution is -2.47. The van der Waals surface area contributed by atoms with Crippen molar-refractivity contribution in [2.45, 2.75) is 39.3 Å². The molecular weight excluding hydrogens is 387 g/mol. The topological polar surface area (TPSA) is 65.1 Å². The summed E-state index contributed by atoms with van der Waals surface area (Å²) in [5, 5.41) is 2.94. The van der Waals surface area contributed by atoms with Crippen LogP contribution in [0, 0.1) is 11.7 Å². The summed E-state index contributed by atoms with van der Waals surface area (Å²) in [5.74, 6) is -0.0761. The van der Waals surface area contributed by atoms with E-state index < -0.39 is 6.04 Å². The summed E-state index contributed by atoms with van der Waals surface area (Å²) in [6, 6.07) is 4.25. The van der Waals surface area contributed by atoms with Gasteiger partial charge in [-0.1, -0.05) is 6.92 Å². The van der Waals surface area contributed by atoms with Gasteiger partial charge in [0.2, 0.25) is 11.8 Å². The lowest BCUT2D eigenvalue weighted by atomic mass is 10.1. The summed E-state index contributed by atoms with van der Waals surface area (Å²) in [4.78, 5) is 30.5. The highest BCUT2D eigenvalue weighted by Gasteiger charge is 2.43. The molecule has 166 valence electrons. The molecule has 0 saturated carbocycles. The van der Waals surface area contributed by atoms with Crippen molar-refractivity contribution >= 4 is 17.5 Å². The Morgan fingerprint density at radius 1 is 1.13 bits per heavy atom. The maximum absolute atomic E-state index is 13.8. The van der Waals surface area contributed by atoms with E-state index in [1.54, 1.807) is 20.0 Å². The lowest BCUT2D eigenvalue weighted by Gasteiger charge is -2.37. The first kappa shape index (κ1) is 22.5. The second-order valence-electron chi connectivity index (χ2n) is 8.34. The Balaban J connectivity index is 1.49. The first-order chi connectivity index (χ1) is 14.3. The highest BCUT2D eigenvalue weighted by molar-refractivity contribution is 6.06. The van der Waals surface area contributed by atoms with Crippen LogP contribution < -0.4 is 15.0 Å². The van der Waals surface area contributed by atoms with Crippen LogP contribution in [-0.2, 0) is 9.59 Å². The highest BCUT2D eigenvalue weighted by atomic mass is 19.1. The quantitative estimate of drug-likeness (QED) is 0.646. The van der Waals surface area contributed by atoms with Crippen molar-refractivity contribution in [1.29, 1.82) is 0 Å². The van der Waals surface area contributed by atoms with Crippen LogP contribution in [0.3, 0.4) is 0 Å². The smallest absolute Gasteiger partial charge is 0.247 e. The molecule has 0 aliphatic carbocycles. The molecule has 2 unspecified atom stereocenters. The maximum atomic E-state index is 13.8. The summed E-state index contributed by atoms with van der Waals surface area (Å²) >= 11 is 0. The molecular formula is C22H33FN4O3. The minimum Gasteiger partial charge on any atom is -0.489 e. The maximum Gasteiger partial charge on any atom is 0.247 e. The third-order valence-corrected chi connectivity index (χ3v) is 5.85. The van der Waals surface area contributed by atoms with Crippen LogP contribution in [-0.4, -0.2) is 80.1 Å². The molecule has 2 fully saturated rings. The molecule has 7 nitrogen and oxygen atoms in total. The predicted molar refractivity (Wildman–Crippen MR) is 114 cm³/mol. The molecule has 2 aliphatic heterocycles. The zero-order valence-corrected chi connectivity index (χ0v) is 18.4. The zero-order valence-electron chi connectivity index (χ0n) is 18.4. The average molecular weight is 421 g/mol. The van der Waals surface area contributed by atoms with E-state index in [1.165, 1.54) is 17.0 Å². The summed E-state index contributed by atoms with van der Waals surface area (Å²) in [7, 11) is 1.71. The van der Waals surface area contributed by atoms with Gasteiger partial charge >= 0.3 is 0 Å². The minimum absolute atomic E-state index is 0.0248. The number of halogens is 1. The number of nitrogens with zero attached hydrogens (tertiary/aromatic N) is 3. The number of piperazine rings is 1. The number of anilines is 1. The van der Waals surface area contributed by atoms with Crippen molar-refractivity contribution < 1.29 is 18.7 Å². The Morgan fingerprint density at radius 3 is 2.43 bits per heavy atom. The molecule has 2 atom stereocenters.